The van der Waals surface area contributed by atoms with E-state index < -0.39 is 15.3 Å². The van der Waals surface area contributed by atoms with Crippen LogP contribution in [0.1, 0.15) is 19.4 Å². The van der Waals surface area contributed by atoms with Crippen LogP contribution in [-0.2, 0) is 16.6 Å². The first-order chi connectivity index (χ1) is 8.48. The topological polar surface area (TPSA) is 62.3 Å². The molecule has 102 valence electrons. The van der Waals surface area contributed by atoms with E-state index in [1.807, 2.05) is 19.1 Å². The van der Waals surface area contributed by atoms with Crippen LogP contribution in [-0.4, -0.2) is 43.1 Å². The van der Waals surface area contributed by atoms with Gasteiger partial charge in [-0.15, -0.1) is 0 Å². The fourth-order valence-corrected chi connectivity index (χ4v) is 2.87. The molecular formula is C12H21N3O2S. The van der Waals surface area contributed by atoms with E-state index >= 15 is 0 Å². The second-order valence-electron chi connectivity index (χ2n) is 4.27. The van der Waals surface area contributed by atoms with Gasteiger partial charge in [0.05, 0.1) is 5.25 Å². The molecule has 6 heteroatoms. The maximum atomic E-state index is 12.2. The third-order valence-electron chi connectivity index (χ3n) is 2.78. The molecule has 18 heavy (non-hydrogen) atoms. The largest absolute Gasteiger partial charge is 0.316 e. The zero-order valence-electron chi connectivity index (χ0n) is 11.1. The SMILES string of the molecule is CCNCC(C)S(=O)(=O)N(C)Cc1ccncc1. The lowest BCUT2D eigenvalue weighted by Crippen LogP contribution is -2.39. The molecule has 0 aromatic carbocycles. The first-order valence-corrected chi connectivity index (χ1v) is 7.53. The van der Waals surface area contributed by atoms with Crippen molar-refractivity contribution in [2.45, 2.75) is 25.6 Å². The van der Waals surface area contributed by atoms with E-state index in [-0.39, 0.29) is 0 Å². The number of hydrogen-bond donors (Lipinski definition) is 1. The monoisotopic (exact) mass is 271 g/mol. The van der Waals surface area contributed by atoms with E-state index in [0.717, 1.165) is 12.1 Å². The summed E-state index contributed by atoms with van der Waals surface area (Å²) in [5.41, 5.74) is 0.937. The molecule has 1 unspecified atom stereocenters. The summed E-state index contributed by atoms with van der Waals surface area (Å²) in [6.07, 6.45) is 3.33. The summed E-state index contributed by atoms with van der Waals surface area (Å²) in [5.74, 6) is 0. The van der Waals surface area contributed by atoms with Gasteiger partial charge in [-0.1, -0.05) is 6.92 Å². The molecule has 0 amide bonds. The van der Waals surface area contributed by atoms with Crippen LogP contribution in [0.25, 0.3) is 0 Å². The van der Waals surface area contributed by atoms with Gasteiger partial charge in [-0.25, -0.2) is 12.7 Å². The van der Waals surface area contributed by atoms with Crippen molar-refractivity contribution in [2.24, 2.45) is 0 Å². The minimum atomic E-state index is -3.26. The third-order valence-corrected chi connectivity index (χ3v) is 4.96. The molecule has 0 radical (unpaired) electrons. The molecule has 0 spiro atoms. The summed E-state index contributed by atoms with van der Waals surface area (Å²) in [7, 11) is -1.65. The van der Waals surface area contributed by atoms with Crippen LogP contribution >= 0.6 is 0 Å². The summed E-state index contributed by atoms with van der Waals surface area (Å²) in [4.78, 5) is 3.91. The molecule has 1 aromatic heterocycles. The van der Waals surface area contributed by atoms with Crippen molar-refractivity contribution in [1.29, 1.82) is 0 Å². The van der Waals surface area contributed by atoms with Crippen LogP contribution in [0.5, 0.6) is 0 Å². The van der Waals surface area contributed by atoms with E-state index in [0.29, 0.717) is 13.1 Å². The maximum absolute atomic E-state index is 12.2. The third kappa shape index (κ3) is 4.04. The molecule has 0 fully saturated rings. The number of nitrogens with one attached hydrogen (secondary N) is 1. The Balaban J connectivity index is 2.67. The van der Waals surface area contributed by atoms with Crippen LogP contribution < -0.4 is 5.32 Å². The van der Waals surface area contributed by atoms with Gasteiger partial charge in [-0.3, -0.25) is 4.98 Å². The average molecular weight is 271 g/mol. The summed E-state index contributed by atoms with van der Waals surface area (Å²) in [5, 5.41) is 2.63. The van der Waals surface area contributed by atoms with Gasteiger partial charge in [0.15, 0.2) is 0 Å². The van der Waals surface area contributed by atoms with Crippen LogP contribution in [0, 0.1) is 0 Å². The molecule has 0 aliphatic heterocycles. The molecule has 1 N–H and O–H groups in total. The Morgan fingerprint density at radius 1 is 1.39 bits per heavy atom. The number of aromatic nitrogens is 1. The van der Waals surface area contributed by atoms with Crippen molar-refractivity contribution in [3.05, 3.63) is 30.1 Å². The predicted molar refractivity (Wildman–Crippen MR) is 72.6 cm³/mol. The van der Waals surface area contributed by atoms with Gasteiger partial charge < -0.3 is 5.32 Å². The minimum Gasteiger partial charge on any atom is -0.316 e. The first kappa shape index (κ1) is 15.1. The van der Waals surface area contributed by atoms with E-state index in [1.54, 1.807) is 26.4 Å². The smallest absolute Gasteiger partial charge is 0.218 e. The van der Waals surface area contributed by atoms with Gasteiger partial charge in [-0.2, -0.15) is 0 Å². The van der Waals surface area contributed by atoms with Gasteiger partial charge in [0.2, 0.25) is 10.0 Å². The second kappa shape index (κ2) is 6.82. The van der Waals surface area contributed by atoms with Crippen molar-refractivity contribution in [1.82, 2.24) is 14.6 Å². The lowest BCUT2D eigenvalue weighted by atomic mass is 10.3. The fraction of sp³-hybridized carbons (Fsp3) is 0.583. The summed E-state index contributed by atoms with van der Waals surface area (Å²) in [6, 6.07) is 3.64. The van der Waals surface area contributed by atoms with Crippen LogP contribution in [0.3, 0.4) is 0 Å². The number of rotatable bonds is 7. The minimum absolute atomic E-state index is 0.376. The molecule has 0 aliphatic rings. The highest BCUT2D eigenvalue weighted by Crippen LogP contribution is 2.10. The first-order valence-electron chi connectivity index (χ1n) is 6.03. The Bertz CT molecular complexity index is 448. The summed E-state index contributed by atoms with van der Waals surface area (Å²) >= 11 is 0. The highest BCUT2D eigenvalue weighted by molar-refractivity contribution is 7.89. The summed E-state index contributed by atoms with van der Waals surface area (Å²) in [6.45, 7) is 5.30. The van der Waals surface area contributed by atoms with Crippen LogP contribution in [0.4, 0.5) is 0 Å². The van der Waals surface area contributed by atoms with Crippen molar-refractivity contribution < 1.29 is 8.42 Å². The predicted octanol–water partition coefficient (Wildman–Crippen LogP) is 0.841. The zero-order chi connectivity index (χ0) is 13.6. The Morgan fingerprint density at radius 2 is 2.00 bits per heavy atom. The standard InChI is InChI=1S/C12H21N3O2S/c1-4-13-9-11(2)18(16,17)15(3)10-12-5-7-14-8-6-12/h5-8,11,13H,4,9-10H2,1-3H3. The molecule has 5 nitrogen and oxygen atoms in total. The van der Waals surface area contributed by atoms with Gasteiger partial charge in [0.25, 0.3) is 0 Å². The van der Waals surface area contributed by atoms with Gasteiger partial charge in [0.1, 0.15) is 0 Å². The highest BCUT2D eigenvalue weighted by Gasteiger charge is 2.25. The number of nitrogens with zero attached hydrogens (tertiary/aromatic N) is 2. The molecule has 0 saturated heterocycles. The van der Waals surface area contributed by atoms with Crippen molar-refractivity contribution in [3.63, 3.8) is 0 Å². The number of sulfonamides is 1. The maximum Gasteiger partial charge on any atom is 0.218 e. The zero-order valence-corrected chi connectivity index (χ0v) is 11.9. The molecule has 1 aromatic rings. The average Bonchev–Trinajstić information content (AvgIpc) is 2.36. The van der Waals surface area contributed by atoms with E-state index in [9.17, 15) is 8.42 Å². The molecule has 1 rings (SSSR count). The fourth-order valence-electron chi connectivity index (χ4n) is 1.60. The highest BCUT2D eigenvalue weighted by atomic mass is 32.2. The quantitative estimate of drug-likeness (QED) is 0.798. The number of pyridine rings is 1. The van der Waals surface area contributed by atoms with Gasteiger partial charge in [0, 0.05) is 32.5 Å². The number of hydrogen-bond acceptors (Lipinski definition) is 4. The lowest BCUT2D eigenvalue weighted by molar-refractivity contribution is 0.454. The second-order valence-corrected chi connectivity index (χ2v) is 6.73. The van der Waals surface area contributed by atoms with Crippen molar-refractivity contribution >= 4 is 10.0 Å². The summed E-state index contributed by atoms with van der Waals surface area (Å²) < 4.78 is 25.8. The van der Waals surface area contributed by atoms with Gasteiger partial charge >= 0.3 is 0 Å². The Labute approximate surface area is 109 Å². The molecule has 1 heterocycles. The molecule has 1 atom stereocenters. The molecule has 0 saturated carbocycles. The van der Waals surface area contributed by atoms with Gasteiger partial charge in [-0.05, 0) is 31.2 Å². The van der Waals surface area contributed by atoms with Crippen LogP contribution in [0.15, 0.2) is 24.5 Å². The Morgan fingerprint density at radius 3 is 2.56 bits per heavy atom. The Kier molecular flexibility index (Phi) is 5.71. The molecule has 0 aliphatic carbocycles. The van der Waals surface area contributed by atoms with E-state index in [4.69, 9.17) is 0 Å². The van der Waals surface area contributed by atoms with Crippen LogP contribution in [0.2, 0.25) is 0 Å². The van der Waals surface area contributed by atoms with Crippen molar-refractivity contribution in [3.8, 4) is 0 Å². The van der Waals surface area contributed by atoms with E-state index in [2.05, 4.69) is 10.3 Å². The molecular weight excluding hydrogens is 250 g/mol. The Hall–Kier alpha value is -0.980. The normalized spacial score (nSPS) is 13.8. The lowest BCUT2D eigenvalue weighted by Gasteiger charge is -2.22. The van der Waals surface area contributed by atoms with E-state index in [1.165, 1.54) is 4.31 Å². The molecule has 0 bridgehead atoms. The van der Waals surface area contributed by atoms with Crippen molar-refractivity contribution in [2.75, 3.05) is 20.1 Å².